The van der Waals surface area contributed by atoms with Gasteiger partial charge in [0.1, 0.15) is 5.82 Å². The molecule has 1 aromatic rings. The average molecular weight is 295 g/mol. The third-order valence-corrected chi connectivity index (χ3v) is 3.39. The molecule has 0 saturated carbocycles. The molecule has 1 aromatic carbocycles. The van der Waals surface area contributed by atoms with Gasteiger partial charge in [0.25, 0.3) is 0 Å². The maximum atomic E-state index is 13.7. The fourth-order valence-corrected chi connectivity index (χ4v) is 2.28. The van der Waals surface area contributed by atoms with Crippen molar-refractivity contribution in [2.45, 2.75) is 13.0 Å². The molecule has 1 aliphatic rings. The topological polar surface area (TPSA) is 93.4 Å². The number of ether oxygens (including phenoxy) is 1. The van der Waals surface area contributed by atoms with Crippen molar-refractivity contribution in [1.29, 1.82) is 0 Å². The first kappa shape index (κ1) is 15.4. The molecule has 1 fully saturated rings. The highest BCUT2D eigenvalue weighted by Gasteiger charge is 2.33. The van der Waals surface area contributed by atoms with E-state index in [1.807, 2.05) is 6.92 Å². The fourth-order valence-electron chi connectivity index (χ4n) is 2.28. The third-order valence-electron chi connectivity index (χ3n) is 3.39. The van der Waals surface area contributed by atoms with Crippen molar-refractivity contribution in [3.8, 4) is 0 Å². The Hall–Kier alpha value is -1.99. The predicted molar refractivity (Wildman–Crippen MR) is 75.3 cm³/mol. The molecular weight excluding hydrogens is 277 g/mol. The maximum Gasteiger partial charge on any atom is 0.248 e. The SMILES string of the molecule is CCNC1COCC1C(=O)Nc1cc(C(N)=O)ccc1F. The van der Waals surface area contributed by atoms with E-state index < -0.39 is 17.6 Å². The molecule has 0 spiro atoms. The average Bonchev–Trinajstić information content (AvgIpc) is 2.89. The lowest BCUT2D eigenvalue weighted by atomic mass is 10.0. The summed E-state index contributed by atoms with van der Waals surface area (Å²) in [5, 5.41) is 5.65. The monoisotopic (exact) mass is 295 g/mol. The van der Waals surface area contributed by atoms with Gasteiger partial charge in [-0.3, -0.25) is 9.59 Å². The van der Waals surface area contributed by atoms with Crippen molar-refractivity contribution in [2.75, 3.05) is 25.1 Å². The number of hydrogen-bond donors (Lipinski definition) is 3. The molecule has 114 valence electrons. The van der Waals surface area contributed by atoms with Gasteiger partial charge in [-0.2, -0.15) is 0 Å². The minimum absolute atomic E-state index is 0.0570. The Morgan fingerprint density at radius 1 is 1.43 bits per heavy atom. The van der Waals surface area contributed by atoms with Gasteiger partial charge >= 0.3 is 0 Å². The Bertz CT molecular complexity index is 550. The number of nitrogens with one attached hydrogen (secondary N) is 2. The molecule has 1 aliphatic heterocycles. The Balaban J connectivity index is 2.12. The van der Waals surface area contributed by atoms with Gasteiger partial charge in [0, 0.05) is 11.6 Å². The van der Waals surface area contributed by atoms with Gasteiger partial charge in [-0.15, -0.1) is 0 Å². The largest absolute Gasteiger partial charge is 0.379 e. The molecule has 1 saturated heterocycles. The number of benzene rings is 1. The molecule has 1 heterocycles. The van der Waals surface area contributed by atoms with Crippen molar-refractivity contribution >= 4 is 17.5 Å². The predicted octanol–water partition coefficient (Wildman–Crippen LogP) is 0.488. The van der Waals surface area contributed by atoms with Gasteiger partial charge in [-0.05, 0) is 24.7 Å². The number of primary amides is 1. The van der Waals surface area contributed by atoms with Crippen LogP contribution >= 0.6 is 0 Å². The summed E-state index contributed by atoms with van der Waals surface area (Å²) in [5.74, 6) is -2.05. The van der Waals surface area contributed by atoms with Crippen molar-refractivity contribution in [2.24, 2.45) is 11.7 Å². The lowest BCUT2D eigenvalue weighted by Gasteiger charge is -2.18. The molecule has 2 amide bonds. The number of carbonyl (C=O) groups is 2. The minimum Gasteiger partial charge on any atom is -0.379 e. The van der Waals surface area contributed by atoms with Crippen LogP contribution in [0.4, 0.5) is 10.1 Å². The second-order valence-electron chi connectivity index (χ2n) is 4.86. The normalized spacial score (nSPS) is 21.2. The zero-order valence-electron chi connectivity index (χ0n) is 11.7. The molecule has 21 heavy (non-hydrogen) atoms. The van der Waals surface area contributed by atoms with Crippen LogP contribution in [0.1, 0.15) is 17.3 Å². The smallest absolute Gasteiger partial charge is 0.248 e. The first-order chi connectivity index (χ1) is 10.0. The van der Waals surface area contributed by atoms with Crippen LogP contribution in [-0.2, 0) is 9.53 Å². The van der Waals surface area contributed by atoms with Crippen LogP contribution in [0.5, 0.6) is 0 Å². The highest BCUT2D eigenvalue weighted by molar-refractivity contribution is 5.97. The van der Waals surface area contributed by atoms with E-state index in [0.717, 1.165) is 6.07 Å². The Kier molecular flexibility index (Phi) is 4.87. The Morgan fingerprint density at radius 2 is 2.19 bits per heavy atom. The number of hydrogen-bond acceptors (Lipinski definition) is 4. The third kappa shape index (κ3) is 3.56. The standard InChI is InChI=1S/C14H18FN3O3/c1-2-17-12-7-21-6-9(12)14(20)18-11-5-8(13(16)19)3-4-10(11)15/h3-5,9,12,17H,2,6-7H2,1H3,(H2,16,19)(H,18,20). The summed E-state index contributed by atoms with van der Waals surface area (Å²) in [6.45, 7) is 3.36. The molecule has 4 N–H and O–H groups in total. The van der Waals surface area contributed by atoms with Crippen molar-refractivity contribution < 1.29 is 18.7 Å². The second kappa shape index (κ2) is 6.64. The zero-order chi connectivity index (χ0) is 15.4. The molecule has 2 atom stereocenters. The zero-order valence-corrected chi connectivity index (χ0v) is 11.7. The summed E-state index contributed by atoms with van der Waals surface area (Å²) in [6.07, 6.45) is 0. The van der Waals surface area contributed by atoms with Crippen LogP contribution in [0, 0.1) is 11.7 Å². The number of anilines is 1. The Labute approximate surface area is 121 Å². The van der Waals surface area contributed by atoms with Crippen LogP contribution in [0.25, 0.3) is 0 Å². The molecule has 6 nitrogen and oxygen atoms in total. The summed E-state index contributed by atoms with van der Waals surface area (Å²) in [6, 6.07) is 3.50. The molecule has 7 heteroatoms. The number of carbonyl (C=O) groups excluding carboxylic acids is 2. The Morgan fingerprint density at radius 3 is 2.86 bits per heavy atom. The molecule has 2 unspecified atom stereocenters. The number of nitrogens with two attached hydrogens (primary N) is 1. The first-order valence-corrected chi connectivity index (χ1v) is 6.74. The van der Waals surface area contributed by atoms with Gasteiger partial charge in [0.05, 0.1) is 24.8 Å². The van der Waals surface area contributed by atoms with Crippen LogP contribution in [0.3, 0.4) is 0 Å². The highest BCUT2D eigenvalue weighted by Crippen LogP contribution is 2.20. The van der Waals surface area contributed by atoms with Crippen LogP contribution < -0.4 is 16.4 Å². The van der Waals surface area contributed by atoms with E-state index in [2.05, 4.69) is 10.6 Å². The number of likely N-dealkylation sites (N-methyl/N-ethyl adjacent to an activating group) is 1. The summed E-state index contributed by atoms with van der Waals surface area (Å²) in [5.41, 5.74) is 5.22. The summed E-state index contributed by atoms with van der Waals surface area (Å²) in [4.78, 5) is 23.3. The van der Waals surface area contributed by atoms with Crippen LogP contribution in [0.2, 0.25) is 0 Å². The lowest BCUT2D eigenvalue weighted by molar-refractivity contribution is -0.120. The summed E-state index contributed by atoms with van der Waals surface area (Å²) in [7, 11) is 0. The van der Waals surface area contributed by atoms with E-state index in [4.69, 9.17) is 10.5 Å². The first-order valence-electron chi connectivity index (χ1n) is 6.74. The van der Waals surface area contributed by atoms with Gasteiger partial charge < -0.3 is 21.1 Å². The molecule has 0 aromatic heterocycles. The molecule has 0 aliphatic carbocycles. The molecular formula is C14H18FN3O3. The van der Waals surface area contributed by atoms with Gasteiger partial charge in [-0.1, -0.05) is 6.92 Å². The van der Waals surface area contributed by atoms with Crippen molar-refractivity contribution in [1.82, 2.24) is 5.32 Å². The lowest BCUT2D eigenvalue weighted by Crippen LogP contribution is -2.41. The number of rotatable bonds is 5. The quantitative estimate of drug-likeness (QED) is 0.737. The van der Waals surface area contributed by atoms with E-state index in [1.54, 1.807) is 0 Å². The van der Waals surface area contributed by atoms with E-state index in [-0.39, 0.29) is 29.8 Å². The number of amides is 2. The van der Waals surface area contributed by atoms with Crippen molar-refractivity contribution in [3.63, 3.8) is 0 Å². The van der Waals surface area contributed by atoms with Crippen LogP contribution in [-0.4, -0.2) is 37.6 Å². The van der Waals surface area contributed by atoms with Gasteiger partial charge in [0.2, 0.25) is 11.8 Å². The molecule has 0 radical (unpaired) electrons. The highest BCUT2D eigenvalue weighted by atomic mass is 19.1. The van der Waals surface area contributed by atoms with E-state index in [0.29, 0.717) is 13.2 Å². The number of halogens is 1. The van der Waals surface area contributed by atoms with Crippen LogP contribution in [0.15, 0.2) is 18.2 Å². The van der Waals surface area contributed by atoms with Gasteiger partial charge in [-0.25, -0.2) is 4.39 Å². The molecule has 0 bridgehead atoms. The van der Waals surface area contributed by atoms with E-state index in [1.165, 1.54) is 12.1 Å². The fraction of sp³-hybridized carbons (Fsp3) is 0.429. The van der Waals surface area contributed by atoms with Gasteiger partial charge in [0.15, 0.2) is 0 Å². The second-order valence-corrected chi connectivity index (χ2v) is 4.86. The summed E-state index contributed by atoms with van der Waals surface area (Å²) >= 11 is 0. The maximum absolute atomic E-state index is 13.7. The summed E-state index contributed by atoms with van der Waals surface area (Å²) < 4.78 is 19.0. The van der Waals surface area contributed by atoms with E-state index >= 15 is 0 Å². The minimum atomic E-state index is -0.680. The molecule has 2 rings (SSSR count). The van der Waals surface area contributed by atoms with Crippen molar-refractivity contribution in [3.05, 3.63) is 29.6 Å². The van der Waals surface area contributed by atoms with E-state index in [9.17, 15) is 14.0 Å².